The molecule has 0 saturated carbocycles. The molecule has 1 aliphatic rings. The zero-order valence-electron chi connectivity index (χ0n) is 16.1. The van der Waals surface area contributed by atoms with Gasteiger partial charge in [-0.3, -0.25) is 9.59 Å². The number of aromatic nitrogens is 2. The average Bonchev–Trinajstić information content (AvgIpc) is 3.35. The number of carboxylic acids is 2. The summed E-state index contributed by atoms with van der Waals surface area (Å²) in [5.74, 6) is -4.14. The van der Waals surface area contributed by atoms with Crippen molar-refractivity contribution < 1.29 is 29.4 Å². The second-order valence-electron chi connectivity index (χ2n) is 7.05. The molecule has 0 aliphatic heterocycles. The lowest BCUT2D eigenvalue weighted by Gasteiger charge is -2.12. The van der Waals surface area contributed by atoms with Gasteiger partial charge in [0.1, 0.15) is 6.04 Å². The van der Waals surface area contributed by atoms with Crippen molar-refractivity contribution in [3.63, 3.8) is 0 Å². The van der Waals surface area contributed by atoms with Crippen molar-refractivity contribution in [3.05, 3.63) is 88.5 Å². The van der Waals surface area contributed by atoms with Gasteiger partial charge in [0.05, 0.1) is 0 Å². The van der Waals surface area contributed by atoms with Gasteiger partial charge in [0, 0.05) is 30.3 Å². The van der Waals surface area contributed by atoms with Gasteiger partial charge in [-0.1, -0.05) is 42.5 Å². The van der Waals surface area contributed by atoms with Gasteiger partial charge in [-0.15, -0.1) is 0 Å². The quantitative estimate of drug-likeness (QED) is 0.557. The lowest BCUT2D eigenvalue weighted by atomic mass is 10.0. The molecule has 31 heavy (non-hydrogen) atoms. The third-order valence-corrected chi connectivity index (χ3v) is 5.16. The summed E-state index contributed by atoms with van der Waals surface area (Å²) >= 11 is 0. The van der Waals surface area contributed by atoms with Crippen molar-refractivity contribution in [1.29, 1.82) is 0 Å². The van der Waals surface area contributed by atoms with E-state index in [1.807, 2.05) is 30.3 Å². The maximum atomic E-state index is 13.0. The molecule has 0 saturated heterocycles. The van der Waals surface area contributed by atoms with E-state index in [-0.39, 0.29) is 12.3 Å². The Labute approximate surface area is 176 Å². The Balaban J connectivity index is 1.64. The topological polar surface area (TPSA) is 139 Å². The van der Waals surface area contributed by atoms with Gasteiger partial charge in [0.25, 0.3) is 5.91 Å². The van der Waals surface area contributed by atoms with Gasteiger partial charge in [0.15, 0.2) is 11.5 Å². The fourth-order valence-corrected chi connectivity index (χ4v) is 3.71. The summed E-state index contributed by atoms with van der Waals surface area (Å²) in [6.07, 6.45) is 1.09. The number of Topliss-reactive ketones (excluding diaryl/α,β-unsaturated/α-hetero) is 1. The van der Waals surface area contributed by atoms with Crippen LogP contribution in [0.15, 0.2) is 54.7 Å². The lowest BCUT2D eigenvalue weighted by molar-refractivity contribution is 0.0674. The molecular weight excluding hydrogens is 402 g/mol. The van der Waals surface area contributed by atoms with Crippen LogP contribution in [0.5, 0.6) is 0 Å². The van der Waals surface area contributed by atoms with E-state index >= 15 is 0 Å². The van der Waals surface area contributed by atoms with Crippen LogP contribution in [0.25, 0.3) is 0 Å². The lowest BCUT2D eigenvalue weighted by Crippen LogP contribution is -2.24. The molecule has 3 aromatic rings. The van der Waals surface area contributed by atoms with Crippen molar-refractivity contribution in [2.75, 3.05) is 0 Å². The highest BCUT2D eigenvalue weighted by molar-refractivity contribution is 6.08. The smallest absolute Gasteiger partial charge is 0.372 e. The Morgan fingerprint density at radius 1 is 1.03 bits per heavy atom. The van der Waals surface area contributed by atoms with Gasteiger partial charge in [-0.25, -0.2) is 14.6 Å². The van der Waals surface area contributed by atoms with E-state index in [1.165, 1.54) is 0 Å². The van der Waals surface area contributed by atoms with Crippen LogP contribution < -0.4 is 5.32 Å². The van der Waals surface area contributed by atoms with Crippen LogP contribution in [-0.4, -0.2) is 43.4 Å². The van der Waals surface area contributed by atoms with Crippen LogP contribution in [-0.2, 0) is 13.0 Å². The minimum atomic E-state index is -1.45. The number of hydrogen-bond donors (Lipinski definition) is 3. The summed E-state index contributed by atoms with van der Waals surface area (Å²) in [6, 6.07) is 13.1. The van der Waals surface area contributed by atoms with Crippen molar-refractivity contribution in [3.8, 4) is 0 Å². The first-order chi connectivity index (χ1) is 14.9. The molecule has 1 amide bonds. The highest BCUT2D eigenvalue weighted by Crippen LogP contribution is 2.33. The minimum Gasteiger partial charge on any atom is -0.476 e. The number of rotatable bonds is 6. The number of aromatic carboxylic acids is 2. The minimum absolute atomic E-state index is 0.0544. The van der Waals surface area contributed by atoms with E-state index in [0.29, 0.717) is 23.2 Å². The highest BCUT2D eigenvalue weighted by atomic mass is 16.4. The molecule has 1 aliphatic carbocycles. The van der Waals surface area contributed by atoms with Crippen LogP contribution in [0.1, 0.15) is 59.0 Å². The van der Waals surface area contributed by atoms with E-state index < -0.39 is 35.3 Å². The van der Waals surface area contributed by atoms with Gasteiger partial charge in [-0.05, 0) is 17.2 Å². The maximum absolute atomic E-state index is 13.0. The molecule has 3 N–H and O–H groups in total. The van der Waals surface area contributed by atoms with Crippen LogP contribution in [0, 0.1) is 0 Å². The van der Waals surface area contributed by atoms with Gasteiger partial charge < -0.3 is 20.1 Å². The number of benzene rings is 2. The van der Waals surface area contributed by atoms with Crippen molar-refractivity contribution in [1.82, 2.24) is 14.9 Å². The number of amides is 1. The Kier molecular flexibility index (Phi) is 5.08. The second kappa shape index (κ2) is 7.86. The molecular formula is C22H17N3O6. The van der Waals surface area contributed by atoms with Gasteiger partial charge in [-0.2, -0.15) is 0 Å². The Hall–Kier alpha value is -4.27. The molecule has 9 nitrogen and oxygen atoms in total. The van der Waals surface area contributed by atoms with E-state index in [4.69, 9.17) is 5.11 Å². The maximum Gasteiger partial charge on any atom is 0.372 e. The third kappa shape index (κ3) is 3.68. The number of fused-ring (bicyclic) bond motifs is 1. The number of ketones is 1. The molecule has 4 rings (SSSR count). The zero-order chi connectivity index (χ0) is 22.1. The van der Waals surface area contributed by atoms with Crippen LogP contribution in [0.4, 0.5) is 0 Å². The largest absolute Gasteiger partial charge is 0.476 e. The summed E-state index contributed by atoms with van der Waals surface area (Å²) in [4.78, 5) is 52.1. The number of carbonyl (C=O) groups is 4. The van der Waals surface area contributed by atoms with E-state index in [1.54, 1.807) is 18.2 Å². The Morgan fingerprint density at radius 2 is 1.77 bits per heavy atom. The first-order valence-corrected chi connectivity index (χ1v) is 9.40. The monoisotopic (exact) mass is 419 g/mol. The summed E-state index contributed by atoms with van der Waals surface area (Å²) in [6.45, 7) is 0.313. The SMILES string of the molecule is O=C(O)c1cn(C2Cc3c(C(=O)NCc4ccccc4)cccc3C2=O)c(C(=O)O)n1. The van der Waals surface area contributed by atoms with Crippen molar-refractivity contribution in [2.24, 2.45) is 0 Å². The summed E-state index contributed by atoms with van der Waals surface area (Å²) in [5.41, 5.74) is 1.56. The molecule has 1 unspecified atom stereocenters. The highest BCUT2D eigenvalue weighted by Gasteiger charge is 2.37. The number of nitrogens with one attached hydrogen (secondary N) is 1. The fraction of sp³-hybridized carbons (Fsp3) is 0.136. The predicted octanol–water partition coefficient (Wildman–Crippen LogP) is 2.19. The summed E-state index contributed by atoms with van der Waals surface area (Å²) in [5, 5.41) is 21.4. The Morgan fingerprint density at radius 3 is 2.45 bits per heavy atom. The molecule has 1 heterocycles. The van der Waals surface area contributed by atoms with Crippen LogP contribution >= 0.6 is 0 Å². The summed E-state index contributed by atoms with van der Waals surface area (Å²) < 4.78 is 1.06. The van der Waals surface area contributed by atoms with Crippen LogP contribution in [0.3, 0.4) is 0 Å². The molecule has 156 valence electrons. The zero-order valence-corrected chi connectivity index (χ0v) is 16.1. The second-order valence-corrected chi connectivity index (χ2v) is 7.05. The van der Waals surface area contributed by atoms with Crippen LogP contribution in [0.2, 0.25) is 0 Å². The fourth-order valence-electron chi connectivity index (χ4n) is 3.71. The number of carbonyl (C=O) groups excluding carboxylic acids is 2. The van der Waals surface area contributed by atoms with Crippen molar-refractivity contribution >= 4 is 23.6 Å². The van der Waals surface area contributed by atoms with E-state index in [9.17, 15) is 24.3 Å². The van der Waals surface area contributed by atoms with Crippen molar-refractivity contribution in [2.45, 2.75) is 19.0 Å². The normalized spacial score (nSPS) is 14.8. The average molecular weight is 419 g/mol. The summed E-state index contributed by atoms with van der Waals surface area (Å²) in [7, 11) is 0. The Bertz CT molecular complexity index is 1220. The molecule has 1 atom stereocenters. The number of carboxylic acid groups (broad SMARTS) is 2. The molecule has 0 radical (unpaired) electrons. The molecule has 0 fully saturated rings. The van der Waals surface area contributed by atoms with Gasteiger partial charge >= 0.3 is 11.9 Å². The number of imidazole rings is 1. The third-order valence-electron chi connectivity index (χ3n) is 5.16. The number of hydrogen-bond acceptors (Lipinski definition) is 5. The molecule has 0 bridgehead atoms. The molecule has 1 aromatic heterocycles. The predicted molar refractivity (Wildman–Crippen MR) is 107 cm³/mol. The molecule has 2 aromatic carbocycles. The van der Waals surface area contributed by atoms with E-state index in [2.05, 4.69) is 10.3 Å². The standard InChI is InChI=1S/C22H17N3O6/c26-18-13-7-4-8-14(20(27)23-10-12-5-2-1-3-6-12)15(13)9-17(18)25-11-16(21(28)29)24-19(25)22(30)31/h1-8,11,17H,9-10H2,(H,23,27)(H,28,29)(H,30,31). The van der Waals surface area contributed by atoms with E-state index in [0.717, 1.165) is 16.3 Å². The molecule has 9 heteroatoms. The van der Waals surface area contributed by atoms with Gasteiger partial charge in [0.2, 0.25) is 5.82 Å². The molecule has 0 spiro atoms. The first kappa shape index (κ1) is 20.0. The number of nitrogens with zero attached hydrogens (tertiary/aromatic N) is 2. The first-order valence-electron chi connectivity index (χ1n) is 9.40.